The molecule has 5 heteroatoms. The van der Waals surface area contributed by atoms with Crippen molar-refractivity contribution in [1.29, 1.82) is 0 Å². The van der Waals surface area contributed by atoms with Crippen LogP contribution in [0.3, 0.4) is 0 Å². The topological polar surface area (TPSA) is 92.4 Å². The number of carbonyl (C=O) groups excluding carboxylic acids is 2. The van der Waals surface area contributed by atoms with Crippen LogP contribution >= 0.6 is 0 Å². The van der Waals surface area contributed by atoms with Gasteiger partial charge in [-0.05, 0) is 12.1 Å². The van der Waals surface area contributed by atoms with Gasteiger partial charge in [-0.1, -0.05) is 12.1 Å². The molecule has 1 aliphatic carbocycles. The SMILES string of the molecule is NC1=CC(=O)C(Nc2ccccc2O)=CC1=O. The van der Waals surface area contributed by atoms with E-state index in [9.17, 15) is 14.7 Å². The van der Waals surface area contributed by atoms with Crippen LogP contribution in [-0.4, -0.2) is 16.7 Å². The highest BCUT2D eigenvalue weighted by molar-refractivity contribution is 6.20. The molecule has 4 N–H and O–H groups in total. The van der Waals surface area contributed by atoms with E-state index in [1.54, 1.807) is 18.2 Å². The van der Waals surface area contributed by atoms with Crippen LogP contribution in [0.4, 0.5) is 5.69 Å². The van der Waals surface area contributed by atoms with E-state index in [2.05, 4.69) is 5.32 Å². The Bertz CT molecular complexity index is 559. The molecule has 0 bridgehead atoms. The number of para-hydroxylation sites is 2. The van der Waals surface area contributed by atoms with Crippen LogP contribution in [0.2, 0.25) is 0 Å². The van der Waals surface area contributed by atoms with Crippen molar-refractivity contribution in [2.24, 2.45) is 5.73 Å². The number of nitrogens with one attached hydrogen (secondary N) is 1. The Morgan fingerprint density at radius 1 is 1.06 bits per heavy atom. The third-order valence-electron chi connectivity index (χ3n) is 2.29. The number of rotatable bonds is 2. The standard InChI is InChI=1S/C12H10N2O3/c13-7-5-12(17)9(6-11(7)16)14-8-3-1-2-4-10(8)15/h1-6,14-15H,13H2. The Morgan fingerprint density at radius 2 is 1.76 bits per heavy atom. The fourth-order valence-electron chi connectivity index (χ4n) is 1.40. The zero-order chi connectivity index (χ0) is 12.4. The monoisotopic (exact) mass is 230 g/mol. The molecular formula is C12H10N2O3. The summed E-state index contributed by atoms with van der Waals surface area (Å²) in [7, 11) is 0. The Hall–Kier alpha value is -2.56. The maximum atomic E-state index is 11.5. The summed E-state index contributed by atoms with van der Waals surface area (Å²) in [6.45, 7) is 0. The van der Waals surface area contributed by atoms with E-state index in [0.717, 1.165) is 12.2 Å². The molecule has 0 heterocycles. The molecule has 0 saturated carbocycles. The highest BCUT2D eigenvalue weighted by Crippen LogP contribution is 2.24. The molecule has 0 spiro atoms. The van der Waals surface area contributed by atoms with Crippen molar-refractivity contribution in [3.05, 3.63) is 47.8 Å². The molecule has 0 unspecified atom stereocenters. The van der Waals surface area contributed by atoms with E-state index in [0.29, 0.717) is 5.69 Å². The van der Waals surface area contributed by atoms with Crippen LogP contribution in [0.15, 0.2) is 47.8 Å². The van der Waals surface area contributed by atoms with Gasteiger partial charge in [0.25, 0.3) is 0 Å². The largest absolute Gasteiger partial charge is 0.506 e. The van der Waals surface area contributed by atoms with Crippen LogP contribution in [0.5, 0.6) is 5.75 Å². The fraction of sp³-hybridized carbons (Fsp3) is 0. The second-order valence-electron chi connectivity index (χ2n) is 3.53. The molecule has 5 nitrogen and oxygen atoms in total. The first kappa shape index (κ1) is 10.9. The third kappa shape index (κ3) is 2.17. The van der Waals surface area contributed by atoms with Gasteiger partial charge < -0.3 is 16.2 Å². The predicted octanol–water partition coefficient (Wildman–Crippen LogP) is 0.682. The lowest BCUT2D eigenvalue weighted by molar-refractivity contribution is -0.115. The molecule has 0 aromatic heterocycles. The quantitative estimate of drug-likeness (QED) is 0.513. The van der Waals surface area contributed by atoms with Gasteiger partial charge in [0.1, 0.15) is 5.75 Å². The van der Waals surface area contributed by atoms with Crippen LogP contribution in [0.25, 0.3) is 0 Å². The number of phenols is 1. The number of benzene rings is 1. The predicted molar refractivity (Wildman–Crippen MR) is 62.1 cm³/mol. The minimum absolute atomic E-state index is 0.00354. The van der Waals surface area contributed by atoms with Gasteiger partial charge >= 0.3 is 0 Å². The van der Waals surface area contributed by atoms with Crippen molar-refractivity contribution in [3.63, 3.8) is 0 Å². The number of allylic oxidation sites excluding steroid dienone is 2. The van der Waals surface area contributed by atoms with Gasteiger partial charge in [0, 0.05) is 12.2 Å². The lowest BCUT2D eigenvalue weighted by Gasteiger charge is -2.12. The summed E-state index contributed by atoms with van der Waals surface area (Å²) in [6.07, 6.45) is 2.18. The molecule has 2 rings (SSSR count). The molecule has 17 heavy (non-hydrogen) atoms. The summed E-state index contributed by atoms with van der Waals surface area (Å²) < 4.78 is 0. The van der Waals surface area contributed by atoms with E-state index in [1.165, 1.54) is 6.07 Å². The Kier molecular flexibility index (Phi) is 2.66. The summed E-state index contributed by atoms with van der Waals surface area (Å²) in [6, 6.07) is 6.42. The van der Waals surface area contributed by atoms with Crippen LogP contribution in [0, 0.1) is 0 Å². The smallest absolute Gasteiger partial charge is 0.204 e. The maximum absolute atomic E-state index is 11.5. The minimum atomic E-state index is -0.428. The number of ketones is 2. The first-order chi connectivity index (χ1) is 8.08. The van der Waals surface area contributed by atoms with Crippen molar-refractivity contribution >= 4 is 17.3 Å². The normalized spacial score (nSPS) is 15.3. The second-order valence-corrected chi connectivity index (χ2v) is 3.53. The molecule has 1 aromatic rings. The number of nitrogens with two attached hydrogens (primary N) is 1. The van der Waals surface area contributed by atoms with E-state index in [1.807, 2.05) is 0 Å². The molecule has 1 aliphatic rings. The van der Waals surface area contributed by atoms with Gasteiger partial charge in [-0.2, -0.15) is 0 Å². The van der Waals surface area contributed by atoms with Gasteiger partial charge in [-0.15, -0.1) is 0 Å². The first-order valence-electron chi connectivity index (χ1n) is 4.90. The van der Waals surface area contributed by atoms with Gasteiger partial charge in [0.15, 0.2) is 0 Å². The maximum Gasteiger partial charge on any atom is 0.204 e. The minimum Gasteiger partial charge on any atom is -0.506 e. The second kappa shape index (κ2) is 4.13. The number of hydrogen-bond donors (Lipinski definition) is 3. The van der Waals surface area contributed by atoms with Crippen LogP contribution in [0.1, 0.15) is 0 Å². The number of phenolic OH excluding ortho intramolecular Hbond substituents is 1. The molecule has 0 radical (unpaired) electrons. The van der Waals surface area contributed by atoms with Crippen LogP contribution in [-0.2, 0) is 9.59 Å². The molecular weight excluding hydrogens is 220 g/mol. The van der Waals surface area contributed by atoms with Crippen molar-refractivity contribution < 1.29 is 14.7 Å². The van der Waals surface area contributed by atoms with Crippen molar-refractivity contribution in [2.75, 3.05) is 5.32 Å². The molecule has 0 fully saturated rings. The summed E-state index contributed by atoms with van der Waals surface area (Å²) in [5, 5.41) is 12.2. The average Bonchev–Trinajstić information content (AvgIpc) is 2.29. The number of hydrogen-bond acceptors (Lipinski definition) is 5. The molecule has 1 aromatic carbocycles. The molecule has 0 aliphatic heterocycles. The number of aromatic hydroxyl groups is 1. The van der Waals surface area contributed by atoms with Gasteiger partial charge in [-0.25, -0.2) is 0 Å². The zero-order valence-electron chi connectivity index (χ0n) is 8.81. The number of anilines is 1. The average molecular weight is 230 g/mol. The molecule has 0 amide bonds. The van der Waals surface area contributed by atoms with Gasteiger partial charge in [-0.3, -0.25) is 9.59 Å². The lowest BCUT2D eigenvalue weighted by atomic mass is 10.1. The van der Waals surface area contributed by atoms with E-state index < -0.39 is 11.6 Å². The summed E-state index contributed by atoms with van der Waals surface area (Å²) in [4.78, 5) is 22.8. The highest BCUT2D eigenvalue weighted by atomic mass is 16.3. The number of carbonyl (C=O) groups is 2. The van der Waals surface area contributed by atoms with Crippen LogP contribution < -0.4 is 11.1 Å². The first-order valence-corrected chi connectivity index (χ1v) is 4.90. The van der Waals surface area contributed by atoms with E-state index in [-0.39, 0.29) is 17.1 Å². The Labute approximate surface area is 97.2 Å². The van der Waals surface area contributed by atoms with Crippen molar-refractivity contribution in [3.8, 4) is 5.75 Å². The van der Waals surface area contributed by atoms with Crippen molar-refractivity contribution in [2.45, 2.75) is 0 Å². The van der Waals surface area contributed by atoms with Gasteiger partial charge in [0.05, 0.1) is 17.1 Å². The van der Waals surface area contributed by atoms with Gasteiger partial charge in [0.2, 0.25) is 11.6 Å². The summed E-state index contributed by atoms with van der Waals surface area (Å²) in [5.41, 5.74) is 5.68. The summed E-state index contributed by atoms with van der Waals surface area (Å²) >= 11 is 0. The molecule has 0 atom stereocenters. The molecule has 0 saturated heterocycles. The zero-order valence-corrected chi connectivity index (χ0v) is 8.81. The van der Waals surface area contributed by atoms with E-state index in [4.69, 9.17) is 5.73 Å². The van der Waals surface area contributed by atoms with E-state index >= 15 is 0 Å². The Balaban J connectivity index is 2.27. The summed E-state index contributed by atoms with van der Waals surface area (Å²) in [5.74, 6) is -0.830. The third-order valence-corrected chi connectivity index (χ3v) is 2.29. The highest BCUT2D eigenvalue weighted by Gasteiger charge is 2.18. The Morgan fingerprint density at radius 3 is 2.47 bits per heavy atom. The molecule has 86 valence electrons. The fourth-order valence-corrected chi connectivity index (χ4v) is 1.40. The van der Waals surface area contributed by atoms with Crippen molar-refractivity contribution in [1.82, 2.24) is 0 Å². The lowest BCUT2D eigenvalue weighted by Crippen LogP contribution is -2.21.